The second-order valence-electron chi connectivity index (χ2n) is 3.56. The zero-order valence-corrected chi connectivity index (χ0v) is 7.16. The Bertz CT molecular complexity index is 220. The molecule has 12 heavy (non-hydrogen) atoms. The molecule has 0 aromatic rings. The summed E-state index contributed by atoms with van der Waals surface area (Å²) in [7, 11) is 0. The van der Waals surface area contributed by atoms with Gasteiger partial charge in [-0.05, 0) is 23.8 Å². The van der Waals surface area contributed by atoms with E-state index in [1.165, 1.54) is 12.0 Å². The lowest BCUT2D eigenvalue weighted by atomic mass is 10.1. The van der Waals surface area contributed by atoms with Crippen molar-refractivity contribution < 1.29 is 5.11 Å². The number of hydrogen-bond acceptors (Lipinski definition) is 2. The smallest absolute Gasteiger partial charge is 0.0556 e. The first-order valence-corrected chi connectivity index (χ1v) is 4.60. The van der Waals surface area contributed by atoms with Gasteiger partial charge < -0.3 is 10.4 Å². The summed E-state index contributed by atoms with van der Waals surface area (Å²) in [6.45, 7) is 1.82. The number of allylic oxidation sites excluding steroid dienone is 2. The first-order valence-electron chi connectivity index (χ1n) is 4.60. The highest BCUT2D eigenvalue weighted by atomic mass is 16.3. The molecule has 0 radical (unpaired) electrons. The lowest BCUT2D eigenvalue weighted by Crippen LogP contribution is -2.20. The maximum Gasteiger partial charge on any atom is 0.0556 e. The third-order valence-corrected chi connectivity index (χ3v) is 2.49. The van der Waals surface area contributed by atoms with Crippen LogP contribution in [0.2, 0.25) is 0 Å². The summed E-state index contributed by atoms with van der Waals surface area (Å²) >= 11 is 0. The van der Waals surface area contributed by atoms with Gasteiger partial charge in [0.05, 0.1) is 6.61 Å². The summed E-state index contributed by atoms with van der Waals surface area (Å²) in [5, 5.41) is 11.7. The number of fused-ring (bicyclic) bond motifs is 1. The molecular weight excluding hydrogens is 150 g/mol. The molecule has 2 nitrogen and oxygen atoms in total. The predicted octanol–water partition coefficient (Wildman–Crippen LogP) is 0.701. The first kappa shape index (κ1) is 8.02. The first-order chi connectivity index (χ1) is 5.90. The van der Waals surface area contributed by atoms with E-state index in [0.717, 1.165) is 18.4 Å². The van der Waals surface area contributed by atoms with Crippen molar-refractivity contribution in [1.29, 1.82) is 0 Å². The van der Waals surface area contributed by atoms with E-state index in [-0.39, 0.29) is 6.61 Å². The molecule has 0 aromatic carbocycles. The van der Waals surface area contributed by atoms with E-state index in [1.807, 2.05) is 0 Å². The minimum atomic E-state index is 0.225. The van der Waals surface area contributed by atoms with Gasteiger partial charge in [-0.25, -0.2) is 0 Å². The number of aliphatic hydroxyl groups excluding tert-OH is 1. The molecule has 0 bridgehead atoms. The lowest BCUT2D eigenvalue weighted by Gasteiger charge is -2.06. The van der Waals surface area contributed by atoms with Crippen molar-refractivity contribution in [3.63, 3.8) is 0 Å². The minimum absolute atomic E-state index is 0.225. The molecule has 66 valence electrons. The number of rotatable bonds is 4. The van der Waals surface area contributed by atoms with E-state index in [1.54, 1.807) is 0 Å². The number of hydrogen-bond donors (Lipinski definition) is 2. The molecule has 0 aromatic heterocycles. The van der Waals surface area contributed by atoms with Gasteiger partial charge in [-0.15, -0.1) is 0 Å². The lowest BCUT2D eigenvalue weighted by molar-refractivity contribution is 0.294. The van der Waals surface area contributed by atoms with E-state index >= 15 is 0 Å². The third-order valence-electron chi connectivity index (χ3n) is 2.49. The van der Waals surface area contributed by atoms with Crippen LogP contribution in [-0.4, -0.2) is 24.8 Å². The highest BCUT2D eigenvalue weighted by Gasteiger charge is 2.34. The Morgan fingerprint density at radius 1 is 1.50 bits per heavy atom. The van der Waals surface area contributed by atoms with Gasteiger partial charge in [0.2, 0.25) is 0 Å². The maximum absolute atomic E-state index is 8.56. The van der Waals surface area contributed by atoms with E-state index in [2.05, 4.69) is 23.5 Å². The van der Waals surface area contributed by atoms with Gasteiger partial charge in [-0.1, -0.05) is 18.2 Å². The topological polar surface area (TPSA) is 32.3 Å². The summed E-state index contributed by atoms with van der Waals surface area (Å²) in [6, 6.07) is 0. The van der Waals surface area contributed by atoms with Gasteiger partial charge >= 0.3 is 0 Å². The fraction of sp³-hybridized carbons (Fsp3) is 0.600. The Morgan fingerprint density at radius 3 is 3.17 bits per heavy atom. The summed E-state index contributed by atoms with van der Waals surface area (Å²) in [6.07, 6.45) is 8.22. The quantitative estimate of drug-likeness (QED) is 0.601. The Kier molecular flexibility index (Phi) is 2.28. The van der Waals surface area contributed by atoms with Gasteiger partial charge in [-0.3, -0.25) is 0 Å². The predicted molar refractivity (Wildman–Crippen MR) is 48.8 cm³/mol. The van der Waals surface area contributed by atoms with E-state index in [4.69, 9.17) is 5.11 Å². The highest BCUT2D eigenvalue weighted by Crippen LogP contribution is 2.43. The maximum atomic E-state index is 8.56. The van der Waals surface area contributed by atoms with Crippen LogP contribution in [0.1, 0.15) is 6.42 Å². The van der Waals surface area contributed by atoms with Crippen molar-refractivity contribution >= 4 is 0 Å². The Morgan fingerprint density at radius 2 is 2.42 bits per heavy atom. The Hall–Kier alpha value is -0.600. The molecule has 2 N–H and O–H groups in total. The average molecular weight is 165 g/mol. The molecule has 0 spiro atoms. The van der Waals surface area contributed by atoms with Crippen LogP contribution in [0.15, 0.2) is 23.8 Å². The molecule has 2 aliphatic carbocycles. The van der Waals surface area contributed by atoms with Crippen LogP contribution in [-0.2, 0) is 0 Å². The summed E-state index contributed by atoms with van der Waals surface area (Å²) in [5.74, 6) is 1.69. The third kappa shape index (κ3) is 1.76. The van der Waals surface area contributed by atoms with Crippen LogP contribution >= 0.6 is 0 Å². The SMILES string of the molecule is OCCNCC1=CC2CC2C=C1. The van der Waals surface area contributed by atoms with Gasteiger partial charge in [0.1, 0.15) is 0 Å². The minimum Gasteiger partial charge on any atom is -0.395 e. The Labute approximate surface area is 73.0 Å². The Balaban J connectivity index is 1.77. The van der Waals surface area contributed by atoms with E-state index in [9.17, 15) is 0 Å². The van der Waals surface area contributed by atoms with Crippen molar-refractivity contribution in [2.75, 3.05) is 19.7 Å². The number of nitrogens with one attached hydrogen (secondary N) is 1. The second-order valence-corrected chi connectivity index (χ2v) is 3.56. The molecule has 1 fully saturated rings. The second kappa shape index (κ2) is 3.42. The van der Waals surface area contributed by atoms with Gasteiger partial charge in [0.25, 0.3) is 0 Å². The standard InChI is InChI=1S/C10H15NO/c12-4-3-11-7-8-1-2-9-6-10(9)5-8/h1-2,5,9-12H,3-4,6-7H2. The molecule has 2 atom stereocenters. The molecule has 0 heterocycles. The van der Waals surface area contributed by atoms with Crippen molar-refractivity contribution in [1.82, 2.24) is 5.32 Å². The van der Waals surface area contributed by atoms with Gasteiger partial charge in [-0.2, -0.15) is 0 Å². The molecule has 0 aliphatic heterocycles. The van der Waals surface area contributed by atoms with Crippen LogP contribution in [0.5, 0.6) is 0 Å². The van der Waals surface area contributed by atoms with Crippen LogP contribution in [0.3, 0.4) is 0 Å². The zero-order chi connectivity index (χ0) is 8.39. The largest absolute Gasteiger partial charge is 0.395 e. The van der Waals surface area contributed by atoms with Crippen molar-refractivity contribution in [3.05, 3.63) is 23.8 Å². The molecule has 2 rings (SSSR count). The van der Waals surface area contributed by atoms with E-state index in [0.29, 0.717) is 6.54 Å². The molecule has 0 saturated heterocycles. The van der Waals surface area contributed by atoms with Crippen LogP contribution in [0, 0.1) is 11.8 Å². The van der Waals surface area contributed by atoms with E-state index < -0.39 is 0 Å². The molecule has 1 saturated carbocycles. The van der Waals surface area contributed by atoms with Crippen molar-refractivity contribution in [3.8, 4) is 0 Å². The zero-order valence-electron chi connectivity index (χ0n) is 7.16. The van der Waals surface area contributed by atoms with Crippen molar-refractivity contribution in [2.24, 2.45) is 11.8 Å². The molecule has 2 heteroatoms. The molecule has 2 aliphatic rings. The fourth-order valence-corrected chi connectivity index (χ4v) is 1.66. The highest BCUT2D eigenvalue weighted by molar-refractivity contribution is 5.31. The monoisotopic (exact) mass is 165 g/mol. The number of aliphatic hydroxyl groups is 1. The fourth-order valence-electron chi connectivity index (χ4n) is 1.66. The van der Waals surface area contributed by atoms with Gasteiger partial charge in [0.15, 0.2) is 0 Å². The van der Waals surface area contributed by atoms with Crippen LogP contribution in [0.25, 0.3) is 0 Å². The van der Waals surface area contributed by atoms with Crippen LogP contribution in [0.4, 0.5) is 0 Å². The summed E-state index contributed by atoms with van der Waals surface area (Å²) in [5.41, 5.74) is 1.38. The summed E-state index contributed by atoms with van der Waals surface area (Å²) < 4.78 is 0. The summed E-state index contributed by atoms with van der Waals surface area (Å²) in [4.78, 5) is 0. The molecule has 2 unspecified atom stereocenters. The normalized spacial score (nSPS) is 31.2. The van der Waals surface area contributed by atoms with Crippen LogP contribution < -0.4 is 5.32 Å². The molecule has 0 amide bonds. The van der Waals surface area contributed by atoms with Gasteiger partial charge in [0, 0.05) is 13.1 Å². The average Bonchev–Trinajstić information content (AvgIpc) is 2.83. The molecular formula is C10H15NO. The van der Waals surface area contributed by atoms with Crippen molar-refractivity contribution in [2.45, 2.75) is 6.42 Å².